The zero-order valence-corrected chi connectivity index (χ0v) is 22.0. The normalized spacial score (nSPS) is 20.8. The van der Waals surface area contributed by atoms with Crippen molar-refractivity contribution in [3.8, 4) is 0 Å². The molecular formula is C14H25B3F14KN2-3. The molecule has 0 bridgehead atoms. The molecule has 0 aromatic rings. The maximum atomic E-state index is 13.3. The van der Waals surface area contributed by atoms with E-state index in [1.807, 2.05) is 0 Å². The molecule has 1 heterocycles. The molecule has 0 radical (unpaired) electrons. The summed E-state index contributed by atoms with van der Waals surface area (Å²) >= 11 is 0.902. The Morgan fingerprint density at radius 2 is 1.00 bits per heavy atom. The first-order valence-corrected chi connectivity index (χ1v) is 12.5. The summed E-state index contributed by atoms with van der Waals surface area (Å²) in [5, 5.41) is 0. The van der Waals surface area contributed by atoms with Crippen LogP contribution in [0.5, 0.6) is 0 Å². The van der Waals surface area contributed by atoms with Crippen LogP contribution in [0.15, 0.2) is 0 Å². The molecule has 34 heavy (non-hydrogen) atoms. The number of alkyl halides is 2. The van der Waals surface area contributed by atoms with E-state index in [2.05, 4.69) is 23.6 Å². The molecule has 202 valence electrons. The van der Waals surface area contributed by atoms with Gasteiger partial charge in [-0.3, -0.25) is 0 Å². The zero-order valence-electron chi connectivity index (χ0n) is 18.9. The number of nitrogens with zero attached hydrogens (tertiary/aromatic N) is 2. The molecule has 1 aliphatic carbocycles. The molecule has 0 atom stereocenters. The van der Waals surface area contributed by atoms with Crippen LogP contribution in [-0.4, -0.2) is 119 Å². The van der Waals surface area contributed by atoms with Gasteiger partial charge in [-0.05, 0) is 0 Å². The van der Waals surface area contributed by atoms with Crippen molar-refractivity contribution >= 4 is 70.7 Å². The molecule has 0 spiro atoms. The molecule has 0 amide bonds. The van der Waals surface area contributed by atoms with Gasteiger partial charge in [0.15, 0.2) is 0 Å². The second-order valence-corrected chi connectivity index (χ2v) is 9.18. The Morgan fingerprint density at radius 3 is 1.26 bits per heavy atom. The van der Waals surface area contributed by atoms with Crippen LogP contribution in [-0.2, 0) is 0 Å². The Hall–Kier alpha value is 0.771. The van der Waals surface area contributed by atoms with E-state index in [1.54, 1.807) is 0 Å². The molecule has 0 aromatic carbocycles. The van der Waals surface area contributed by atoms with Crippen LogP contribution >= 0.6 is 0 Å². The minimum atomic E-state index is -6.00. The summed E-state index contributed by atoms with van der Waals surface area (Å²) in [4.78, 5) is 5.09. The molecule has 2 nitrogen and oxygen atoms in total. The van der Waals surface area contributed by atoms with Gasteiger partial charge in [-0.2, -0.15) is 0 Å². The molecular weight excluding hydrogens is 534 g/mol. The molecule has 20 heteroatoms. The van der Waals surface area contributed by atoms with Gasteiger partial charge in [0.25, 0.3) is 0 Å². The molecule has 0 aromatic heterocycles. The maximum Gasteiger partial charge on any atom is 0.673 e. The standard InChI is InChI=1S/C14H25F2N2.3BF4.K/c1-13(2,18-10-8-17(3)9-11-18)12-4-6-14(15,16)7-5-12;3*2-1(3,4)5;/h12H,3-11H2,1-2H3;;;;/q;3*-1;. The SMILES string of the molecule is CC(C)(C1CCC(F)(F)CC1)N1CCN([CH2][K])CC1.F[B-](F)(F)F.F[B-](F)(F)F.F[B-](F)(F)F. The van der Waals surface area contributed by atoms with Gasteiger partial charge in [0.1, 0.15) is 0 Å². The molecule has 2 fully saturated rings. The average molecular weight is 559 g/mol. The molecule has 1 saturated heterocycles. The summed E-state index contributed by atoms with van der Waals surface area (Å²) in [5.41, 5.74) is 0.0811. The fourth-order valence-corrected chi connectivity index (χ4v) is 4.63. The number of piperazine rings is 1. The third-order valence-electron chi connectivity index (χ3n) is 5.35. The molecule has 1 saturated carbocycles. The minimum Gasteiger partial charge on any atom is -0.418 e. The summed E-state index contributed by atoms with van der Waals surface area (Å²) in [5.74, 6) is -1.97. The van der Waals surface area contributed by atoms with Gasteiger partial charge in [0, 0.05) is 0 Å². The van der Waals surface area contributed by atoms with Crippen LogP contribution in [0.1, 0.15) is 39.5 Å². The summed E-state index contributed by atoms with van der Waals surface area (Å²) in [7, 11) is -18.0. The van der Waals surface area contributed by atoms with E-state index >= 15 is 0 Å². The topological polar surface area (TPSA) is 6.48 Å². The third kappa shape index (κ3) is 24.5. The summed E-state index contributed by atoms with van der Waals surface area (Å²) in [6.07, 6.45) is 1.54. The third-order valence-corrected chi connectivity index (χ3v) is 6.75. The van der Waals surface area contributed by atoms with Crippen molar-refractivity contribution in [2.24, 2.45) is 5.92 Å². The largest absolute Gasteiger partial charge is 0.673 e. The second-order valence-electron chi connectivity index (χ2n) is 8.19. The fourth-order valence-electron chi connectivity index (χ4n) is 3.65. The first-order valence-electron chi connectivity index (χ1n) is 10.3. The van der Waals surface area contributed by atoms with Crippen molar-refractivity contribution in [1.29, 1.82) is 0 Å². The molecule has 0 unspecified atom stereocenters. The van der Waals surface area contributed by atoms with Crippen LogP contribution in [0.2, 0.25) is 0 Å². The van der Waals surface area contributed by atoms with Crippen LogP contribution in [0.25, 0.3) is 0 Å². The van der Waals surface area contributed by atoms with Gasteiger partial charge in [-0.1, -0.05) is 0 Å². The monoisotopic (exact) mass is 559 g/mol. The van der Waals surface area contributed by atoms with E-state index in [-0.39, 0.29) is 18.4 Å². The molecule has 1 aliphatic heterocycles. The summed E-state index contributed by atoms with van der Waals surface area (Å²) < 4.78 is 145. The van der Waals surface area contributed by atoms with E-state index in [0.29, 0.717) is 18.8 Å². The average Bonchev–Trinajstić information content (AvgIpc) is 2.57. The first-order chi connectivity index (χ1) is 14.8. The van der Waals surface area contributed by atoms with Crippen molar-refractivity contribution in [2.45, 2.75) is 51.0 Å². The Kier molecular flexibility index (Phi) is 16.6. The molecule has 2 aliphatic rings. The van der Waals surface area contributed by atoms with E-state index in [4.69, 9.17) is 0 Å². The van der Waals surface area contributed by atoms with Gasteiger partial charge in [-0.15, -0.1) is 0 Å². The van der Waals surface area contributed by atoms with Crippen molar-refractivity contribution in [1.82, 2.24) is 9.80 Å². The summed E-state index contributed by atoms with van der Waals surface area (Å²) in [6.45, 7) is 9.06. The fraction of sp³-hybridized carbons (Fsp3) is 1.00. The molecule has 2 rings (SSSR count). The van der Waals surface area contributed by atoms with E-state index in [0.717, 1.165) is 75.1 Å². The Bertz CT molecular complexity index is 495. The summed E-state index contributed by atoms with van der Waals surface area (Å²) in [6, 6.07) is 0. The van der Waals surface area contributed by atoms with Gasteiger partial charge in [0.2, 0.25) is 0 Å². The quantitative estimate of drug-likeness (QED) is 0.299. The Labute approximate surface area is 223 Å². The smallest absolute Gasteiger partial charge is 0.418 e. The predicted molar refractivity (Wildman–Crippen MR) is 105 cm³/mol. The van der Waals surface area contributed by atoms with Gasteiger partial charge in [0.05, 0.1) is 0 Å². The van der Waals surface area contributed by atoms with Crippen LogP contribution in [0.3, 0.4) is 0 Å². The Balaban J connectivity index is 0. The van der Waals surface area contributed by atoms with Crippen LogP contribution < -0.4 is 0 Å². The predicted octanol–water partition coefficient (Wildman–Crippen LogP) is 6.23. The zero-order chi connectivity index (χ0) is 27.6. The van der Waals surface area contributed by atoms with Gasteiger partial charge < -0.3 is 51.8 Å². The van der Waals surface area contributed by atoms with Crippen molar-refractivity contribution in [3.63, 3.8) is 0 Å². The van der Waals surface area contributed by atoms with Crippen molar-refractivity contribution < 1.29 is 60.6 Å². The second kappa shape index (κ2) is 15.2. The van der Waals surface area contributed by atoms with E-state index < -0.39 is 27.7 Å². The number of hydrogen-bond acceptors (Lipinski definition) is 2. The Morgan fingerprint density at radius 1 is 0.706 bits per heavy atom. The van der Waals surface area contributed by atoms with Crippen molar-refractivity contribution in [3.05, 3.63) is 0 Å². The number of halogens is 14. The minimum absolute atomic E-state index is 0.0811. The number of rotatable bonds is 3. The van der Waals surface area contributed by atoms with Gasteiger partial charge >= 0.3 is 173 Å². The number of hydrogen-bond donors (Lipinski definition) is 0. The first kappa shape index (κ1) is 36.9. The van der Waals surface area contributed by atoms with E-state index in [9.17, 15) is 60.6 Å². The van der Waals surface area contributed by atoms with Gasteiger partial charge in [-0.25, -0.2) is 0 Å². The maximum absolute atomic E-state index is 13.3. The van der Waals surface area contributed by atoms with E-state index in [1.165, 1.54) is 0.639 Å². The van der Waals surface area contributed by atoms with Crippen LogP contribution in [0, 0.1) is 5.92 Å². The molecule has 0 N–H and O–H groups in total. The van der Waals surface area contributed by atoms with Crippen LogP contribution in [0.4, 0.5) is 60.6 Å². The van der Waals surface area contributed by atoms with Crippen molar-refractivity contribution in [2.75, 3.05) is 26.8 Å².